The summed E-state index contributed by atoms with van der Waals surface area (Å²) >= 11 is 0. The first-order valence-electron chi connectivity index (χ1n) is 6.57. The molecule has 2 N–H and O–H groups in total. The number of benzene rings is 2. The number of anilines is 1. The summed E-state index contributed by atoms with van der Waals surface area (Å²) in [6.45, 7) is 2.02. The van der Waals surface area contributed by atoms with Crippen LogP contribution in [0.5, 0.6) is 0 Å². The van der Waals surface area contributed by atoms with E-state index < -0.39 is 0 Å². The molecule has 0 radical (unpaired) electrons. The van der Waals surface area contributed by atoms with Gasteiger partial charge in [-0.2, -0.15) is 5.10 Å². The Labute approximate surface area is 121 Å². The van der Waals surface area contributed by atoms with Crippen molar-refractivity contribution in [3.8, 4) is 0 Å². The Balaban J connectivity index is 1.84. The summed E-state index contributed by atoms with van der Waals surface area (Å²) in [5.41, 5.74) is 6.36. The highest BCUT2D eigenvalue weighted by molar-refractivity contribution is 5.82. The molecule has 2 aromatic carbocycles. The molecule has 1 heterocycles. The molecule has 0 aliphatic heterocycles. The SMILES string of the molecule is Cc1ccc(N/N=C/c2nc3ccccc3[nH]c2=O)cc1. The predicted octanol–water partition coefficient (Wildman–Crippen LogP) is 2.68. The zero-order valence-electron chi connectivity index (χ0n) is 11.5. The van der Waals surface area contributed by atoms with E-state index in [2.05, 4.69) is 20.5 Å². The van der Waals surface area contributed by atoms with Crippen molar-refractivity contribution in [1.82, 2.24) is 9.97 Å². The van der Waals surface area contributed by atoms with Crippen molar-refractivity contribution in [3.63, 3.8) is 0 Å². The molecule has 0 aliphatic carbocycles. The molecule has 1 aromatic heterocycles. The summed E-state index contributed by atoms with van der Waals surface area (Å²) in [5.74, 6) is 0. The van der Waals surface area contributed by atoms with Crippen molar-refractivity contribution in [1.29, 1.82) is 0 Å². The van der Waals surface area contributed by atoms with Gasteiger partial charge in [0.2, 0.25) is 0 Å². The van der Waals surface area contributed by atoms with Gasteiger partial charge < -0.3 is 4.98 Å². The van der Waals surface area contributed by atoms with Crippen LogP contribution in [-0.2, 0) is 0 Å². The van der Waals surface area contributed by atoms with E-state index in [0.29, 0.717) is 5.52 Å². The van der Waals surface area contributed by atoms with Crippen LogP contribution in [0.4, 0.5) is 5.69 Å². The van der Waals surface area contributed by atoms with Crippen molar-refractivity contribution in [2.75, 3.05) is 5.43 Å². The molecule has 0 unspecified atom stereocenters. The van der Waals surface area contributed by atoms with Crippen LogP contribution in [0.3, 0.4) is 0 Å². The summed E-state index contributed by atoms with van der Waals surface area (Å²) in [7, 11) is 0. The third-order valence-electron chi connectivity index (χ3n) is 3.06. The van der Waals surface area contributed by atoms with E-state index in [0.717, 1.165) is 11.2 Å². The van der Waals surface area contributed by atoms with Crippen LogP contribution in [0.2, 0.25) is 0 Å². The Kier molecular flexibility index (Phi) is 3.47. The summed E-state index contributed by atoms with van der Waals surface area (Å²) in [5, 5.41) is 4.05. The van der Waals surface area contributed by atoms with Crippen molar-refractivity contribution in [2.24, 2.45) is 5.10 Å². The standard InChI is InChI=1S/C16H14N4O/c1-11-6-8-12(9-7-11)20-17-10-15-16(21)19-14-5-3-2-4-13(14)18-15/h2-10,20H,1H3,(H,19,21)/b17-10+. The van der Waals surface area contributed by atoms with Gasteiger partial charge in [-0.3, -0.25) is 10.2 Å². The second kappa shape index (κ2) is 5.58. The molecule has 104 valence electrons. The quantitative estimate of drug-likeness (QED) is 0.571. The minimum absolute atomic E-state index is 0.261. The Bertz CT molecular complexity index is 850. The van der Waals surface area contributed by atoms with Crippen molar-refractivity contribution in [3.05, 3.63) is 70.1 Å². The zero-order valence-corrected chi connectivity index (χ0v) is 11.5. The van der Waals surface area contributed by atoms with Gasteiger partial charge >= 0.3 is 0 Å². The minimum atomic E-state index is -0.261. The topological polar surface area (TPSA) is 70.1 Å². The van der Waals surface area contributed by atoms with E-state index in [-0.39, 0.29) is 11.3 Å². The molecule has 0 amide bonds. The Hall–Kier alpha value is -2.95. The number of fused-ring (bicyclic) bond motifs is 1. The van der Waals surface area contributed by atoms with Crippen LogP contribution < -0.4 is 11.0 Å². The maximum absolute atomic E-state index is 11.9. The highest BCUT2D eigenvalue weighted by atomic mass is 16.1. The van der Waals surface area contributed by atoms with E-state index in [1.807, 2.05) is 55.5 Å². The monoisotopic (exact) mass is 278 g/mol. The summed E-state index contributed by atoms with van der Waals surface area (Å²) in [6.07, 6.45) is 1.42. The van der Waals surface area contributed by atoms with E-state index in [9.17, 15) is 4.79 Å². The number of hydrazone groups is 1. The number of aryl methyl sites for hydroxylation is 1. The molecule has 0 spiro atoms. The fourth-order valence-electron chi connectivity index (χ4n) is 1.93. The lowest BCUT2D eigenvalue weighted by atomic mass is 10.2. The van der Waals surface area contributed by atoms with Crippen molar-refractivity contribution in [2.45, 2.75) is 6.92 Å². The van der Waals surface area contributed by atoms with Crippen LogP contribution in [0.15, 0.2) is 58.4 Å². The van der Waals surface area contributed by atoms with Crippen molar-refractivity contribution >= 4 is 22.9 Å². The predicted molar refractivity (Wildman–Crippen MR) is 84.8 cm³/mol. The fraction of sp³-hybridized carbons (Fsp3) is 0.0625. The molecule has 5 nitrogen and oxygen atoms in total. The zero-order chi connectivity index (χ0) is 14.7. The van der Waals surface area contributed by atoms with Crippen LogP contribution in [0, 0.1) is 6.92 Å². The number of hydrogen-bond acceptors (Lipinski definition) is 4. The molecule has 5 heteroatoms. The molecule has 0 aliphatic rings. The second-order valence-corrected chi connectivity index (χ2v) is 4.70. The van der Waals surface area contributed by atoms with E-state index in [1.54, 1.807) is 0 Å². The summed E-state index contributed by atoms with van der Waals surface area (Å²) in [6, 6.07) is 15.2. The smallest absolute Gasteiger partial charge is 0.276 e. The Morgan fingerprint density at radius 2 is 1.90 bits per heavy atom. The number of rotatable bonds is 3. The lowest BCUT2D eigenvalue weighted by Gasteiger charge is -2.00. The maximum Gasteiger partial charge on any atom is 0.276 e. The van der Waals surface area contributed by atoms with Crippen LogP contribution in [0.25, 0.3) is 11.0 Å². The number of nitrogens with one attached hydrogen (secondary N) is 2. The lowest BCUT2D eigenvalue weighted by Crippen LogP contribution is -2.15. The highest BCUT2D eigenvalue weighted by Crippen LogP contribution is 2.08. The fourth-order valence-corrected chi connectivity index (χ4v) is 1.93. The summed E-state index contributed by atoms with van der Waals surface area (Å²) < 4.78 is 0. The van der Waals surface area contributed by atoms with E-state index in [1.165, 1.54) is 11.8 Å². The van der Waals surface area contributed by atoms with Gasteiger partial charge in [-0.05, 0) is 31.2 Å². The molecule has 0 saturated carbocycles. The Morgan fingerprint density at radius 1 is 1.14 bits per heavy atom. The molecule has 21 heavy (non-hydrogen) atoms. The molecular weight excluding hydrogens is 264 g/mol. The Morgan fingerprint density at radius 3 is 2.71 bits per heavy atom. The van der Waals surface area contributed by atoms with E-state index in [4.69, 9.17) is 0 Å². The van der Waals surface area contributed by atoms with Gasteiger partial charge in [-0.15, -0.1) is 0 Å². The molecule has 3 aromatic rings. The molecular formula is C16H14N4O. The van der Waals surface area contributed by atoms with Crippen molar-refractivity contribution < 1.29 is 0 Å². The number of aromatic nitrogens is 2. The van der Waals surface area contributed by atoms with Gasteiger partial charge in [0.05, 0.1) is 22.9 Å². The number of para-hydroxylation sites is 2. The lowest BCUT2D eigenvalue weighted by molar-refractivity contribution is 1.19. The first kappa shape index (κ1) is 13.1. The normalized spacial score (nSPS) is 11.1. The second-order valence-electron chi connectivity index (χ2n) is 4.70. The molecule has 0 bridgehead atoms. The van der Waals surface area contributed by atoms with Gasteiger partial charge in [-0.1, -0.05) is 29.8 Å². The first-order chi connectivity index (χ1) is 10.2. The molecule has 0 saturated heterocycles. The molecule has 0 atom stereocenters. The van der Waals surface area contributed by atoms with Gasteiger partial charge in [0.25, 0.3) is 5.56 Å². The molecule has 3 rings (SSSR count). The van der Waals surface area contributed by atoms with Crippen LogP contribution >= 0.6 is 0 Å². The maximum atomic E-state index is 11.9. The first-order valence-corrected chi connectivity index (χ1v) is 6.57. The van der Waals surface area contributed by atoms with Gasteiger partial charge in [0, 0.05) is 0 Å². The largest absolute Gasteiger partial charge is 0.319 e. The third-order valence-corrected chi connectivity index (χ3v) is 3.06. The highest BCUT2D eigenvalue weighted by Gasteiger charge is 2.01. The number of H-pyrrole nitrogens is 1. The molecule has 0 fully saturated rings. The number of nitrogens with zero attached hydrogens (tertiary/aromatic N) is 2. The van der Waals surface area contributed by atoms with Crippen LogP contribution in [0.1, 0.15) is 11.3 Å². The average Bonchev–Trinajstić information content (AvgIpc) is 2.50. The van der Waals surface area contributed by atoms with Gasteiger partial charge in [0.1, 0.15) is 5.69 Å². The van der Waals surface area contributed by atoms with Gasteiger partial charge in [-0.25, -0.2) is 4.98 Å². The van der Waals surface area contributed by atoms with E-state index >= 15 is 0 Å². The third kappa shape index (κ3) is 2.97. The van der Waals surface area contributed by atoms with Crippen LogP contribution in [-0.4, -0.2) is 16.2 Å². The van der Waals surface area contributed by atoms with Gasteiger partial charge in [0.15, 0.2) is 0 Å². The number of hydrogen-bond donors (Lipinski definition) is 2. The average molecular weight is 278 g/mol. The summed E-state index contributed by atoms with van der Waals surface area (Å²) in [4.78, 5) is 18.9. The minimum Gasteiger partial charge on any atom is -0.319 e. The number of aromatic amines is 1.